The van der Waals surface area contributed by atoms with E-state index in [0.29, 0.717) is 29.4 Å². The highest BCUT2D eigenvalue weighted by molar-refractivity contribution is 6.05. The molecule has 3 rings (SSSR count). The average Bonchev–Trinajstić information content (AvgIpc) is 3.13. The van der Waals surface area contributed by atoms with Crippen molar-refractivity contribution in [3.63, 3.8) is 0 Å². The Kier molecular flexibility index (Phi) is 4.89. The lowest BCUT2D eigenvalue weighted by molar-refractivity contribution is 0.101. The van der Waals surface area contributed by atoms with Crippen LogP contribution in [0.15, 0.2) is 60.9 Å². The number of pyridine rings is 1. The Morgan fingerprint density at radius 2 is 1.96 bits per heavy atom. The van der Waals surface area contributed by atoms with E-state index in [0.717, 1.165) is 5.56 Å². The number of ketones is 1. The van der Waals surface area contributed by atoms with Crippen molar-refractivity contribution in [3.05, 3.63) is 77.7 Å². The summed E-state index contributed by atoms with van der Waals surface area (Å²) in [6, 6.07) is 14.7. The van der Waals surface area contributed by atoms with Crippen molar-refractivity contribution >= 4 is 17.4 Å². The molecule has 0 radical (unpaired) electrons. The standard InChI is InChI=1S/C19H17N3O3/c1-13(23)15-9-17(20-10-15)19(24)22-16-7-8-18(21-11-16)25-12-14-5-3-2-4-6-14/h2-11,20H,12H2,1H3,(H,22,24). The molecular weight excluding hydrogens is 318 g/mol. The molecule has 6 heteroatoms. The van der Waals surface area contributed by atoms with E-state index >= 15 is 0 Å². The third-order valence-electron chi connectivity index (χ3n) is 3.56. The molecule has 2 aromatic heterocycles. The Labute approximate surface area is 144 Å². The number of carbonyl (C=O) groups excluding carboxylic acids is 2. The number of amides is 1. The van der Waals surface area contributed by atoms with Crippen LogP contribution in [0, 0.1) is 0 Å². The summed E-state index contributed by atoms with van der Waals surface area (Å²) in [6.45, 7) is 1.87. The smallest absolute Gasteiger partial charge is 0.272 e. The van der Waals surface area contributed by atoms with Gasteiger partial charge in [-0.15, -0.1) is 0 Å². The summed E-state index contributed by atoms with van der Waals surface area (Å²) in [5.41, 5.74) is 2.37. The topological polar surface area (TPSA) is 84.1 Å². The van der Waals surface area contributed by atoms with Gasteiger partial charge in [0.25, 0.3) is 5.91 Å². The Morgan fingerprint density at radius 3 is 2.60 bits per heavy atom. The molecule has 1 amide bonds. The molecule has 25 heavy (non-hydrogen) atoms. The SMILES string of the molecule is CC(=O)c1c[nH]c(C(=O)Nc2ccc(OCc3ccccc3)nc2)c1. The predicted octanol–water partition coefficient (Wildman–Crippen LogP) is 3.44. The molecule has 6 nitrogen and oxygen atoms in total. The second-order valence-electron chi connectivity index (χ2n) is 5.47. The number of nitrogens with zero attached hydrogens (tertiary/aromatic N) is 1. The van der Waals surface area contributed by atoms with Gasteiger partial charge in [0.15, 0.2) is 5.78 Å². The van der Waals surface area contributed by atoms with Crippen molar-refractivity contribution < 1.29 is 14.3 Å². The van der Waals surface area contributed by atoms with Crippen LogP contribution in [0.1, 0.15) is 33.3 Å². The van der Waals surface area contributed by atoms with Gasteiger partial charge >= 0.3 is 0 Å². The number of carbonyl (C=O) groups is 2. The molecule has 0 atom stereocenters. The third-order valence-corrected chi connectivity index (χ3v) is 3.56. The highest BCUT2D eigenvalue weighted by Gasteiger charge is 2.11. The Bertz CT molecular complexity index is 870. The maximum atomic E-state index is 12.1. The van der Waals surface area contributed by atoms with Crippen molar-refractivity contribution in [1.82, 2.24) is 9.97 Å². The number of aromatic amines is 1. The lowest BCUT2D eigenvalue weighted by atomic mass is 10.2. The Morgan fingerprint density at radius 1 is 1.16 bits per heavy atom. The van der Waals surface area contributed by atoms with Gasteiger partial charge in [0.2, 0.25) is 5.88 Å². The van der Waals surface area contributed by atoms with Gasteiger partial charge in [-0.2, -0.15) is 0 Å². The molecule has 0 saturated carbocycles. The Hall–Kier alpha value is -3.41. The summed E-state index contributed by atoms with van der Waals surface area (Å²) in [5.74, 6) is 0.0322. The number of ether oxygens (including phenoxy) is 1. The van der Waals surface area contributed by atoms with Crippen LogP contribution in [0.4, 0.5) is 5.69 Å². The van der Waals surface area contributed by atoms with Crippen LogP contribution in [0.3, 0.4) is 0 Å². The molecule has 2 heterocycles. The van der Waals surface area contributed by atoms with Gasteiger partial charge in [-0.3, -0.25) is 9.59 Å². The second kappa shape index (κ2) is 7.44. The zero-order valence-corrected chi connectivity index (χ0v) is 13.7. The van der Waals surface area contributed by atoms with Gasteiger partial charge in [-0.1, -0.05) is 30.3 Å². The Balaban J connectivity index is 1.58. The molecule has 0 bridgehead atoms. The zero-order valence-electron chi connectivity index (χ0n) is 13.7. The third kappa shape index (κ3) is 4.32. The first-order chi connectivity index (χ1) is 12.1. The summed E-state index contributed by atoms with van der Waals surface area (Å²) < 4.78 is 5.60. The number of rotatable bonds is 6. The van der Waals surface area contributed by atoms with Crippen molar-refractivity contribution in [2.75, 3.05) is 5.32 Å². The molecule has 0 unspecified atom stereocenters. The molecule has 0 saturated heterocycles. The van der Waals surface area contributed by atoms with E-state index in [9.17, 15) is 9.59 Å². The fourth-order valence-electron chi connectivity index (χ4n) is 2.20. The summed E-state index contributed by atoms with van der Waals surface area (Å²) in [5, 5.41) is 2.71. The van der Waals surface area contributed by atoms with Gasteiger partial charge in [0.05, 0.1) is 11.9 Å². The predicted molar refractivity (Wildman–Crippen MR) is 93.8 cm³/mol. The number of hydrogen-bond acceptors (Lipinski definition) is 4. The summed E-state index contributed by atoms with van der Waals surface area (Å²) in [6.07, 6.45) is 3.03. The minimum atomic E-state index is -0.341. The lowest BCUT2D eigenvalue weighted by Crippen LogP contribution is -2.12. The van der Waals surface area contributed by atoms with E-state index in [1.54, 1.807) is 12.1 Å². The van der Waals surface area contributed by atoms with Gasteiger partial charge < -0.3 is 15.0 Å². The van der Waals surface area contributed by atoms with E-state index in [2.05, 4.69) is 15.3 Å². The maximum absolute atomic E-state index is 12.1. The summed E-state index contributed by atoms with van der Waals surface area (Å²) >= 11 is 0. The monoisotopic (exact) mass is 335 g/mol. The molecular formula is C19H17N3O3. The highest BCUT2D eigenvalue weighted by atomic mass is 16.5. The van der Waals surface area contributed by atoms with Crippen LogP contribution in [0.2, 0.25) is 0 Å². The van der Waals surface area contributed by atoms with Crippen molar-refractivity contribution in [2.24, 2.45) is 0 Å². The van der Waals surface area contributed by atoms with E-state index < -0.39 is 0 Å². The fourth-order valence-corrected chi connectivity index (χ4v) is 2.20. The average molecular weight is 335 g/mol. The number of nitrogens with one attached hydrogen (secondary N) is 2. The molecule has 3 aromatic rings. The lowest BCUT2D eigenvalue weighted by Gasteiger charge is -2.07. The van der Waals surface area contributed by atoms with E-state index in [-0.39, 0.29) is 11.7 Å². The van der Waals surface area contributed by atoms with Gasteiger partial charge in [0, 0.05) is 17.8 Å². The number of H-pyrrole nitrogens is 1. The minimum absolute atomic E-state index is 0.100. The normalized spacial score (nSPS) is 10.3. The van der Waals surface area contributed by atoms with Crippen LogP contribution >= 0.6 is 0 Å². The molecule has 126 valence electrons. The van der Waals surface area contributed by atoms with E-state index in [1.807, 2.05) is 30.3 Å². The van der Waals surface area contributed by atoms with E-state index in [1.165, 1.54) is 25.4 Å². The van der Waals surface area contributed by atoms with Crippen LogP contribution in [-0.4, -0.2) is 21.7 Å². The van der Waals surface area contributed by atoms with Crippen LogP contribution in [0.5, 0.6) is 5.88 Å². The van der Waals surface area contributed by atoms with Crippen LogP contribution in [0.25, 0.3) is 0 Å². The number of Topliss-reactive ketones (excluding diaryl/α,β-unsaturated/α-hetero) is 1. The van der Waals surface area contributed by atoms with Crippen LogP contribution in [-0.2, 0) is 6.61 Å². The van der Waals surface area contributed by atoms with Crippen LogP contribution < -0.4 is 10.1 Å². The summed E-state index contributed by atoms with van der Waals surface area (Å²) in [7, 11) is 0. The van der Waals surface area contributed by atoms with Gasteiger partial charge in [-0.05, 0) is 24.6 Å². The molecule has 0 aliphatic heterocycles. The van der Waals surface area contributed by atoms with Crippen molar-refractivity contribution in [2.45, 2.75) is 13.5 Å². The number of hydrogen-bond donors (Lipinski definition) is 2. The number of aromatic nitrogens is 2. The molecule has 2 N–H and O–H groups in total. The molecule has 0 fully saturated rings. The second-order valence-corrected chi connectivity index (χ2v) is 5.47. The van der Waals surface area contributed by atoms with Crippen molar-refractivity contribution in [3.8, 4) is 5.88 Å². The molecule has 1 aromatic carbocycles. The zero-order chi connectivity index (χ0) is 17.6. The fraction of sp³-hybridized carbons (Fsp3) is 0.105. The molecule has 0 spiro atoms. The first-order valence-corrected chi connectivity index (χ1v) is 7.75. The number of anilines is 1. The molecule has 0 aliphatic rings. The van der Waals surface area contributed by atoms with Crippen molar-refractivity contribution in [1.29, 1.82) is 0 Å². The maximum Gasteiger partial charge on any atom is 0.272 e. The molecule has 0 aliphatic carbocycles. The van der Waals surface area contributed by atoms with Gasteiger partial charge in [0.1, 0.15) is 12.3 Å². The van der Waals surface area contributed by atoms with Gasteiger partial charge in [-0.25, -0.2) is 4.98 Å². The minimum Gasteiger partial charge on any atom is -0.473 e. The largest absolute Gasteiger partial charge is 0.473 e. The first kappa shape index (κ1) is 16.4. The highest BCUT2D eigenvalue weighted by Crippen LogP contribution is 2.14. The first-order valence-electron chi connectivity index (χ1n) is 7.75. The number of benzene rings is 1. The summed E-state index contributed by atoms with van der Waals surface area (Å²) in [4.78, 5) is 30.4. The van der Waals surface area contributed by atoms with E-state index in [4.69, 9.17) is 4.74 Å². The quantitative estimate of drug-likeness (QED) is 0.676.